The fraction of sp³-hybridized carbons (Fsp3) is 0.211. The SMILES string of the molecule is COc1cc(COC(=O)c2nn(C)c(=O)c3ccccc23)ccc1OC(F)F. The highest BCUT2D eigenvalue weighted by Gasteiger charge is 2.18. The maximum Gasteiger partial charge on any atom is 0.387 e. The minimum absolute atomic E-state index is 0.00215. The molecule has 0 unspecified atom stereocenters. The summed E-state index contributed by atoms with van der Waals surface area (Å²) in [6.45, 7) is -3.13. The van der Waals surface area contributed by atoms with E-state index in [1.807, 2.05) is 0 Å². The number of aryl methyl sites for hydroxylation is 1. The standard InChI is InChI=1S/C19H16F2N2O5/c1-23-17(24)13-6-4-3-5-12(13)16(22-23)18(25)27-10-11-7-8-14(28-19(20)21)15(9-11)26-2/h3-9,19H,10H2,1-2H3. The predicted octanol–water partition coefficient (Wildman–Crippen LogP) is 2.90. The van der Waals surface area contributed by atoms with Crippen LogP contribution in [0.5, 0.6) is 11.5 Å². The highest BCUT2D eigenvalue weighted by molar-refractivity contribution is 6.02. The molecule has 0 aliphatic carbocycles. The second-order valence-corrected chi connectivity index (χ2v) is 5.76. The maximum absolute atomic E-state index is 12.5. The van der Waals surface area contributed by atoms with E-state index in [4.69, 9.17) is 9.47 Å². The average molecular weight is 390 g/mol. The van der Waals surface area contributed by atoms with Crippen LogP contribution in [0.4, 0.5) is 8.78 Å². The van der Waals surface area contributed by atoms with Gasteiger partial charge in [0.15, 0.2) is 17.2 Å². The number of fused-ring (bicyclic) bond motifs is 1. The van der Waals surface area contributed by atoms with Gasteiger partial charge in [0.25, 0.3) is 5.56 Å². The molecule has 0 N–H and O–H groups in total. The van der Waals surface area contributed by atoms with Crippen LogP contribution >= 0.6 is 0 Å². The van der Waals surface area contributed by atoms with Gasteiger partial charge in [0.2, 0.25) is 0 Å². The molecule has 0 saturated heterocycles. The highest BCUT2D eigenvalue weighted by atomic mass is 19.3. The van der Waals surface area contributed by atoms with Crippen molar-refractivity contribution in [1.82, 2.24) is 9.78 Å². The average Bonchev–Trinajstić information content (AvgIpc) is 2.69. The molecule has 0 aliphatic heterocycles. The molecular weight excluding hydrogens is 374 g/mol. The molecule has 0 aliphatic rings. The van der Waals surface area contributed by atoms with Gasteiger partial charge in [0.1, 0.15) is 6.61 Å². The Morgan fingerprint density at radius 2 is 1.86 bits per heavy atom. The summed E-state index contributed by atoms with van der Waals surface area (Å²) in [4.78, 5) is 24.6. The number of halogens is 2. The lowest BCUT2D eigenvalue weighted by molar-refractivity contribution is -0.0512. The second-order valence-electron chi connectivity index (χ2n) is 5.76. The third-order valence-corrected chi connectivity index (χ3v) is 3.96. The van der Waals surface area contributed by atoms with Crippen LogP contribution < -0.4 is 15.0 Å². The van der Waals surface area contributed by atoms with Gasteiger partial charge in [-0.3, -0.25) is 4.79 Å². The molecule has 28 heavy (non-hydrogen) atoms. The van der Waals surface area contributed by atoms with Crippen molar-refractivity contribution in [2.75, 3.05) is 7.11 Å². The number of hydrogen-bond acceptors (Lipinski definition) is 6. The summed E-state index contributed by atoms with van der Waals surface area (Å²) in [5, 5.41) is 4.73. The minimum atomic E-state index is -2.98. The second kappa shape index (κ2) is 8.03. The summed E-state index contributed by atoms with van der Waals surface area (Å²) in [5.41, 5.74) is 0.176. The van der Waals surface area contributed by atoms with Gasteiger partial charge in [0.05, 0.1) is 12.5 Å². The van der Waals surface area contributed by atoms with Gasteiger partial charge in [0, 0.05) is 12.4 Å². The lowest BCUT2D eigenvalue weighted by atomic mass is 10.1. The van der Waals surface area contributed by atoms with Gasteiger partial charge in [-0.25, -0.2) is 9.48 Å². The van der Waals surface area contributed by atoms with Gasteiger partial charge >= 0.3 is 12.6 Å². The number of carbonyl (C=O) groups excluding carboxylic acids is 1. The first-order valence-corrected chi connectivity index (χ1v) is 8.15. The third kappa shape index (κ3) is 3.93. The fourth-order valence-corrected chi connectivity index (χ4v) is 2.66. The number of nitrogens with zero attached hydrogens (tertiary/aromatic N) is 2. The van der Waals surface area contributed by atoms with E-state index in [-0.39, 0.29) is 29.4 Å². The van der Waals surface area contributed by atoms with Crippen LogP contribution in [-0.2, 0) is 18.4 Å². The number of methoxy groups -OCH3 is 1. The van der Waals surface area contributed by atoms with E-state index in [0.29, 0.717) is 16.3 Å². The first-order valence-electron chi connectivity index (χ1n) is 8.15. The summed E-state index contributed by atoms with van der Waals surface area (Å²) in [6, 6.07) is 10.8. The van der Waals surface area contributed by atoms with Gasteiger partial charge < -0.3 is 14.2 Å². The smallest absolute Gasteiger partial charge is 0.387 e. The Hall–Kier alpha value is -3.49. The molecule has 0 saturated carbocycles. The van der Waals surface area contributed by atoms with Crippen LogP contribution in [0.3, 0.4) is 0 Å². The highest BCUT2D eigenvalue weighted by Crippen LogP contribution is 2.29. The van der Waals surface area contributed by atoms with E-state index in [1.54, 1.807) is 24.3 Å². The van der Waals surface area contributed by atoms with Crippen molar-refractivity contribution < 1.29 is 27.8 Å². The topological polar surface area (TPSA) is 79.7 Å². The van der Waals surface area contributed by atoms with Crippen molar-refractivity contribution in [3.8, 4) is 11.5 Å². The number of rotatable bonds is 6. The number of hydrogen-bond donors (Lipinski definition) is 0. The molecule has 0 fully saturated rings. The van der Waals surface area contributed by atoms with Gasteiger partial charge in [-0.15, -0.1) is 0 Å². The molecule has 3 aromatic rings. The molecule has 0 spiro atoms. The van der Waals surface area contributed by atoms with Crippen LogP contribution in [0.1, 0.15) is 16.1 Å². The lowest BCUT2D eigenvalue weighted by Gasteiger charge is -2.12. The van der Waals surface area contributed by atoms with Crippen LogP contribution in [0.15, 0.2) is 47.3 Å². The first-order chi connectivity index (χ1) is 13.4. The van der Waals surface area contributed by atoms with E-state index < -0.39 is 12.6 Å². The summed E-state index contributed by atoms with van der Waals surface area (Å²) >= 11 is 0. The molecule has 0 radical (unpaired) electrons. The normalized spacial score (nSPS) is 10.9. The van der Waals surface area contributed by atoms with Crippen molar-refractivity contribution in [3.05, 3.63) is 64.1 Å². The van der Waals surface area contributed by atoms with E-state index in [9.17, 15) is 18.4 Å². The van der Waals surface area contributed by atoms with Crippen molar-refractivity contribution >= 4 is 16.7 Å². The zero-order chi connectivity index (χ0) is 20.3. The zero-order valence-corrected chi connectivity index (χ0v) is 15.0. The molecule has 1 aromatic heterocycles. The lowest BCUT2D eigenvalue weighted by Crippen LogP contribution is -2.23. The Kier molecular flexibility index (Phi) is 5.53. The Labute approximate surface area is 158 Å². The third-order valence-electron chi connectivity index (χ3n) is 3.96. The van der Waals surface area contributed by atoms with Crippen molar-refractivity contribution in [1.29, 1.82) is 0 Å². The quantitative estimate of drug-likeness (QED) is 0.602. The van der Waals surface area contributed by atoms with E-state index in [1.165, 1.54) is 32.4 Å². The van der Waals surface area contributed by atoms with Crippen LogP contribution in [0.2, 0.25) is 0 Å². The molecule has 2 aromatic carbocycles. The van der Waals surface area contributed by atoms with Crippen molar-refractivity contribution in [3.63, 3.8) is 0 Å². The molecule has 7 nitrogen and oxygen atoms in total. The number of carbonyl (C=O) groups is 1. The molecule has 0 atom stereocenters. The number of ether oxygens (including phenoxy) is 3. The van der Waals surface area contributed by atoms with Crippen LogP contribution in [0.25, 0.3) is 10.8 Å². The maximum atomic E-state index is 12.5. The van der Waals surface area contributed by atoms with Crippen molar-refractivity contribution in [2.24, 2.45) is 7.05 Å². The molecule has 0 bridgehead atoms. The molecular formula is C19H16F2N2O5. The monoisotopic (exact) mass is 390 g/mol. The summed E-state index contributed by atoms with van der Waals surface area (Å²) < 4.78 is 40.5. The summed E-state index contributed by atoms with van der Waals surface area (Å²) in [5.74, 6) is -0.767. The first kappa shape index (κ1) is 19.3. The Bertz CT molecular complexity index is 1080. The largest absolute Gasteiger partial charge is 0.493 e. The number of aromatic nitrogens is 2. The van der Waals surface area contributed by atoms with Crippen LogP contribution in [-0.4, -0.2) is 29.5 Å². The van der Waals surface area contributed by atoms with Gasteiger partial charge in [-0.05, 0) is 23.8 Å². The van der Waals surface area contributed by atoms with Gasteiger partial charge in [-0.2, -0.15) is 13.9 Å². The molecule has 146 valence electrons. The number of benzene rings is 2. The van der Waals surface area contributed by atoms with Gasteiger partial charge in [-0.1, -0.05) is 24.3 Å². The molecule has 1 heterocycles. The number of alkyl halides is 2. The molecule has 0 amide bonds. The molecule has 3 rings (SSSR count). The predicted molar refractivity (Wildman–Crippen MR) is 95.7 cm³/mol. The fourth-order valence-electron chi connectivity index (χ4n) is 2.66. The Morgan fingerprint density at radius 3 is 2.54 bits per heavy atom. The van der Waals surface area contributed by atoms with E-state index >= 15 is 0 Å². The summed E-state index contributed by atoms with van der Waals surface area (Å²) in [7, 11) is 2.75. The molecule has 9 heteroatoms. The summed E-state index contributed by atoms with van der Waals surface area (Å²) in [6.07, 6.45) is 0. The minimum Gasteiger partial charge on any atom is -0.493 e. The van der Waals surface area contributed by atoms with Crippen molar-refractivity contribution in [2.45, 2.75) is 13.2 Å². The Morgan fingerprint density at radius 1 is 1.14 bits per heavy atom. The van der Waals surface area contributed by atoms with E-state index in [2.05, 4.69) is 9.84 Å². The Balaban J connectivity index is 1.82. The van der Waals surface area contributed by atoms with Crippen LogP contribution in [0, 0.1) is 0 Å². The zero-order valence-electron chi connectivity index (χ0n) is 15.0. The van der Waals surface area contributed by atoms with E-state index in [0.717, 1.165) is 4.68 Å². The number of esters is 1.